The molecule has 3 aromatic rings. The number of anilines is 1. The van der Waals surface area contributed by atoms with Crippen LogP contribution in [0.1, 0.15) is 0 Å². The highest BCUT2D eigenvalue weighted by atomic mass is 79.9. The molecule has 1 aromatic carbocycles. The molecular weight excluding hydrogens is 328 g/mol. The predicted molar refractivity (Wildman–Crippen MR) is 79.4 cm³/mol. The Morgan fingerprint density at radius 1 is 1.21 bits per heavy atom. The van der Waals surface area contributed by atoms with Crippen molar-refractivity contribution in [1.82, 2.24) is 9.97 Å². The Kier molecular flexibility index (Phi) is 3.33. The Morgan fingerprint density at radius 2 is 2.05 bits per heavy atom. The minimum absolute atomic E-state index is 0.331. The van der Waals surface area contributed by atoms with Crippen molar-refractivity contribution in [1.29, 1.82) is 0 Å². The van der Waals surface area contributed by atoms with E-state index in [4.69, 9.17) is 10.6 Å². The molecule has 19 heavy (non-hydrogen) atoms. The van der Waals surface area contributed by atoms with Crippen molar-refractivity contribution in [3.05, 3.63) is 40.2 Å². The number of benzene rings is 1. The van der Waals surface area contributed by atoms with E-state index in [1.54, 1.807) is 0 Å². The van der Waals surface area contributed by atoms with Gasteiger partial charge in [0.2, 0.25) is 11.8 Å². The van der Waals surface area contributed by atoms with Crippen molar-refractivity contribution in [3.8, 4) is 11.6 Å². The van der Waals surface area contributed by atoms with E-state index >= 15 is 0 Å². The van der Waals surface area contributed by atoms with Gasteiger partial charge in [0.15, 0.2) is 0 Å². The van der Waals surface area contributed by atoms with Gasteiger partial charge in [-0.25, -0.2) is 10.8 Å². The molecule has 3 rings (SSSR count). The van der Waals surface area contributed by atoms with E-state index in [1.807, 2.05) is 35.7 Å². The van der Waals surface area contributed by atoms with Crippen molar-refractivity contribution in [2.24, 2.45) is 5.84 Å². The summed E-state index contributed by atoms with van der Waals surface area (Å²) in [5.74, 6) is 6.87. The summed E-state index contributed by atoms with van der Waals surface area (Å²) >= 11 is 4.95. The van der Waals surface area contributed by atoms with Crippen LogP contribution in [0.4, 0.5) is 5.95 Å². The van der Waals surface area contributed by atoms with Crippen molar-refractivity contribution in [3.63, 3.8) is 0 Å². The molecule has 0 spiro atoms. The molecule has 0 fully saturated rings. The monoisotopic (exact) mass is 336 g/mol. The first-order valence-corrected chi connectivity index (χ1v) is 7.09. The maximum absolute atomic E-state index is 5.84. The van der Waals surface area contributed by atoms with Gasteiger partial charge >= 0.3 is 0 Å². The summed E-state index contributed by atoms with van der Waals surface area (Å²) in [5, 5.41) is 2.80. The lowest BCUT2D eigenvalue weighted by molar-refractivity contribution is 0.466. The highest BCUT2D eigenvalue weighted by Gasteiger charge is 2.11. The fourth-order valence-corrected chi connectivity index (χ4v) is 2.72. The van der Waals surface area contributed by atoms with Crippen LogP contribution >= 0.6 is 27.3 Å². The lowest BCUT2D eigenvalue weighted by Crippen LogP contribution is -2.10. The third-order valence-electron chi connectivity index (χ3n) is 2.46. The summed E-state index contributed by atoms with van der Waals surface area (Å²) in [5.41, 5.74) is 2.44. The first kappa shape index (κ1) is 12.3. The number of nitrogens with two attached hydrogens (primary N) is 1. The standard InChI is InChI=1S/C12H9BrN4OS/c13-8-3-1-2-4-9(8)18-10-7-5-6-19-11(7)16-12(15-10)17-14/h1-6H,14H2,(H,15,16,17). The fourth-order valence-electron chi connectivity index (χ4n) is 1.60. The fraction of sp³-hybridized carbons (Fsp3) is 0. The molecule has 0 saturated carbocycles. The van der Waals surface area contributed by atoms with Gasteiger partial charge in [-0.2, -0.15) is 4.98 Å². The van der Waals surface area contributed by atoms with Crippen molar-refractivity contribution in [2.45, 2.75) is 0 Å². The van der Waals surface area contributed by atoms with E-state index < -0.39 is 0 Å². The molecule has 0 aliphatic carbocycles. The molecule has 0 saturated heterocycles. The van der Waals surface area contributed by atoms with Crippen LogP contribution in [0.2, 0.25) is 0 Å². The van der Waals surface area contributed by atoms with E-state index in [0.717, 1.165) is 14.7 Å². The van der Waals surface area contributed by atoms with Crippen LogP contribution in [0.15, 0.2) is 40.2 Å². The topological polar surface area (TPSA) is 73.1 Å². The molecule has 5 nitrogen and oxygen atoms in total. The Labute approximate surface area is 121 Å². The maximum Gasteiger partial charge on any atom is 0.241 e. The molecule has 3 N–H and O–H groups in total. The van der Waals surface area contributed by atoms with Crippen LogP contribution in [0, 0.1) is 0 Å². The van der Waals surface area contributed by atoms with Gasteiger partial charge in [0.1, 0.15) is 10.6 Å². The quantitative estimate of drug-likeness (QED) is 0.565. The first-order chi connectivity index (χ1) is 9.28. The number of para-hydroxylation sites is 1. The van der Waals surface area contributed by atoms with Crippen molar-refractivity contribution < 1.29 is 4.74 Å². The lowest BCUT2D eigenvalue weighted by atomic mass is 10.3. The first-order valence-electron chi connectivity index (χ1n) is 5.42. The van der Waals surface area contributed by atoms with Crippen molar-refractivity contribution in [2.75, 3.05) is 5.43 Å². The summed E-state index contributed by atoms with van der Waals surface area (Å²) < 4.78 is 6.70. The Bertz CT molecular complexity index is 731. The molecule has 0 aliphatic rings. The number of nitrogen functional groups attached to an aromatic ring is 1. The normalized spacial score (nSPS) is 10.6. The average molecular weight is 337 g/mol. The zero-order valence-corrected chi connectivity index (χ0v) is 12.0. The van der Waals surface area contributed by atoms with Gasteiger partial charge in [-0.15, -0.1) is 11.3 Å². The maximum atomic E-state index is 5.84. The second-order valence-electron chi connectivity index (χ2n) is 3.67. The number of aromatic nitrogens is 2. The Hall–Kier alpha value is -1.70. The largest absolute Gasteiger partial charge is 0.437 e. The summed E-state index contributed by atoms with van der Waals surface area (Å²) in [6.45, 7) is 0. The average Bonchev–Trinajstić information content (AvgIpc) is 2.89. The highest BCUT2D eigenvalue weighted by Crippen LogP contribution is 2.34. The second kappa shape index (κ2) is 5.12. The summed E-state index contributed by atoms with van der Waals surface area (Å²) in [6, 6.07) is 9.51. The van der Waals surface area contributed by atoms with Crippen LogP contribution in [0.3, 0.4) is 0 Å². The Morgan fingerprint density at radius 3 is 2.84 bits per heavy atom. The third kappa shape index (κ3) is 2.40. The number of hydrogen-bond donors (Lipinski definition) is 2. The number of hydrazine groups is 1. The number of ether oxygens (including phenoxy) is 1. The number of halogens is 1. The van der Waals surface area contributed by atoms with Crippen molar-refractivity contribution >= 4 is 43.4 Å². The van der Waals surface area contributed by atoms with Crippen LogP contribution in [0.5, 0.6) is 11.6 Å². The van der Waals surface area contributed by atoms with Gasteiger partial charge in [-0.3, -0.25) is 5.43 Å². The van der Waals surface area contributed by atoms with Crippen LogP contribution in [-0.2, 0) is 0 Å². The lowest BCUT2D eigenvalue weighted by Gasteiger charge is -2.08. The third-order valence-corrected chi connectivity index (χ3v) is 3.92. The Balaban J connectivity index is 2.09. The minimum atomic E-state index is 0.331. The second-order valence-corrected chi connectivity index (χ2v) is 5.42. The smallest absolute Gasteiger partial charge is 0.241 e. The molecule has 0 amide bonds. The number of thiophene rings is 1. The number of nitrogens with zero attached hydrogens (tertiary/aromatic N) is 2. The molecule has 0 aliphatic heterocycles. The SMILES string of the molecule is NNc1nc(Oc2ccccc2Br)c2ccsc2n1. The van der Waals surface area contributed by atoms with Crippen LogP contribution in [-0.4, -0.2) is 9.97 Å². The van der Waals surface area contributed by atoms with Crippen LogP contribution < -0.4 is 16.0 Å². The van der Waals surface area contributed by atoms with Gasteiger partial charge in [-0.05, 0) is 39.5 Å². The van der Waals surface area contributed by atoms with Gasteiger partial charge in [0.25, 0.3) is 0 Å². The van der Waals surface area contributed by atoms with Crippen LogP contribution in [0.25, 0.3) is 10.2 Å². The van der Waals surface area contributed by atoms with E-state index in [1.165, 1.54) is 11.3 Å². The predicted octanol–water partition coefficient (Wildman–Crippen LogP) is 3.53. The van der Waals surface area contributed by atoms with E-state index in [2.05, 4.69) is 31.3 Å². The number of nitrogens with one attached hydrogen (secondary N) is 1. The minimum Gasteiger partial charge on any atom is -0.437 e. The molecule has 96 valence electrons. The molecule has 2 heterocycles. The number of fused-ring (bicyclic) bond motifs is 1. The van der Waals surface area contributed by atoms with E-state index in [-0.39, 0.29) is 0 Å². The molecule has 2 aromatic heterocycles. The van der Waals surface area contributed by atoms with Gasteiger partial charge in [-0.1, -0.05) is 12.1 Å². The van der Waals surface area contributed by atoms with Gasteiger partial charge in [0, 0.05) is 0 Å². The molecule has 0 bridgehead atoms. The van der Waals surface area contributed by atoms with Gasteiger partial charge < -0.3 is 4.74 Å². The molecule has 0 atom stereocenters. The molecule has 0 radical (unpaired) electrons. The summed E-state index contributed by atoms with van der Waals surface area (Å²) in [7, 11) is 0. The van der Waals surface area contributed by atoms with E-state index in [0.29, 0.717) is 17.6 Å². The molecule has 7 heteroatoms. The number of hydrogen-bond acceptors (Lipinski definition) is 6. The highest BCUT2D eigenvalue weighted by molar-refractivity contribution is 9.10. The number of rotatable bonds is 3. The summed E-state index contributed by atoms with van der Waals surface area (Å²) in [4.78, 5) is 9.33. The molecular formula is C12H9BrN4OS. The zero-order valence-electron chi connectivity index (χ0n) is 9.63. The van der Waals surface area contributed by atoms with E-state index in [9.17, 15) is 0 Å². The summed E-state index contributed by atoms with van der Waals surface area (Å²) in [6.07, 6.45) is 0. The zero-order chi connectivity index (χ0) is 13.2. The molecule has 0 unspecified atom stereocenters. The van der Waals surface area contributed by atoms with Gasteiger partial charge in [0.05, 0.1) is 9.86 Å².